The second kappa shape index (κ2) is 8.83. The summed E-state index contributed by atoms with van der Waals surface area (Å²) in [5, 5.41) is 23.6. The number of hydrogen-bond acceptors (Lipinski definition) is 7. The lowest BCUT2D eigenvalue weighted by atomic mass is 9.44. The fraction of sp³-hybridized carbons (Fsp3) is 0.581. The summed E-state index contributed by atoms with van der Waals surface area (Å²) in [6, 6.07) is 7.32. The average molecular weight is 538 g/mol. The van der Waals surface area contributed by atoms with Crippen LogP contribution in [-0.4, -0.2) is 50.7 Å². The van der Waals surface area contributed by atoms with Gasteiger partial charge in [0.15, 0.2) is 22.8 Å². The highest BCUT2D eigenvalue weighted by molar-refractivity contribution is 6.01. The van der Waals surface area contributed by atoms with Crippen molar-refractivity contribution in [2.45, 2.75) is 76.7 Å². The van der Waals surface area contributed by atoms with Crippen LogP contribution < -0.4 is 4.74 Å². The van der Waals surface area contributed by atoms with E-state index in [1.165, 1.54) is 12.2 Å². The van der Waals surface area contributed by atoms with Crippen molar-refractivity contribution in [2.24, 2.45) is 28.6 Å². The first kappa shape index (κ1) is 26.4. The van der Waals surface area contributed by atoms with Crippen molar-refractivity contribution in [3.05, 3.63) is 48.1 Å². The maximum absolute atomic E-state index is 17.3. The van der Waals surface area contributed by atoms with Gasteiger partial charge in [-0.3, -0.25) is 9.59 Å². The number of para-hydroxylation sites is 2. The third-order valence-electron chi connectivity index (χ3n) is 10.7. The summed E-state index contributed by atoms with van der Waals surface area (Å²) in [7, 11) is 0. The van der Waals surface area contributed by atoms with E-state index >= 15 is 4.39 Å². The number of Topliss-reactive ketones (excluding diaryl/α,β-unsaturated/α-hetero) is 1. The molecule has 0 spiro atoms. The van der Waals surface area contributed by atoms with E-state index in [9.17, 15) is 19.8 Å². The minimum atomic E-state index is -1.99. The Bertz CT molecular complexity index is 1370. The van der Waals surface area contributed by atoms with Gasteiger partial charge < -0.3 is 19.4 Å². The number of oxazole rings is 1. The number of rotatable bonds is 6. The molecule has 1 aromatic heterocycles. The number of carbonyl (C=O) groups excluding carboxylic acids is 2. The summed E-state index contributed by atoms with van der Waals surface area (Å²) in [4.78, 5) is 30.0. The molecular weight excluding hydrogens is 501 g/mol. The minimum Gasteiger partial charge on any atom is -0.450 e. The summed E-state index contributed by atoms with van der Waals surface area (Å²) in [5.41, 5.74) is -3.73. The normalized spacial score (nSPS) is 41.1. The van der Waals surface area contributed by atoms with E-state index in [-0.39, 0.29) is 48.9 Å². The number of halogens is 1. The molecule has 39 heavy (non-hydrogen) atoms. The number of carbonyl (C=O) groups is 2. The van der Waals surface area contributed by atoms with Crippen LogP contribution in [-0.2, 0) is 9.59 Å². The third kappa shape index (κ3) is 3.50. The van der Waals surface area contributed by atoms with Crippen LogP contribution in [0.15, 0.2) is 52.5 Å². The number of aliphatic hydroxyl groups is 2. The molecule has 7 nitrogen and oxygen atoms in total. The van der Waals surface area contributed by atoms with Gasteiger partial charge in [0, 0.05) is 23.2 Å². The molecular formula is C31H36FNO6. The summed E-state index contributed by atoms with van der Waals surface area (Å²) >= 11 is 0. The van der Waals surface area contributed by atoms with Crippen LogP contribution in [0.3, 0.4) is 0 Å². The van der Waals surface area contributed by atoms with Gasteiger partial charge in [-0.15, -0.1) is 0 Å². The molecule has 1 aromatic carbocycles. The molecule has 8 heteroatoms. The van der Waals surface area contributed by atoms with Crippen molar-refractivity contribution in [3.8, 4) is 6.08 Å². The molecule has 0 unspecified atom stereocenters. The van der Waals surface area contributed by atoms with Crippen LogP contribution in [0.1, 0.15) is 59.3 Å². The predicted molar refractivity (Wildman–Crippen MR) is 142 cm³/mol. The maximum Gasteiger partial charge on any atom is 0.394 e. The molecule has 3 saturated carbocycles. The Morgan fingerprint density at radius 1 is 1.26 bits per heavy atom. The fourth-order valence-electron chi connectivity index (χ4n) is 8.64. The van der Waals surface area contributed by atoms with Gasteiger partial charge in [0.2, 0.25) is 0 Å². The Morgan fingerprint density at radius 3 is 2.79 bits per heavy atom. The summed E-state index contributed by atoms with van der Waals surface area (Å²) in [6.45, 7) is 5.68. The second-order valence-electron chi connectivity index (χ2n) is 12.5. The zero-order chi connectivity index (χ0) is 27.8. The highest BCUT2D eigenvalue weighted by Gasteiger charge is 2.75. The minimum absolute atomic E-state index is 0.0265. The standard InChI is InChI=1S/C31H36FNO6/c1-18-15-22-21-11-10-19-16-20(34)12-13-28(19,2)30(21,32)26(36)17-29(22,3)31(18,37)25(35)9-6-14-38-27-33-23-7-4-5-8-24(23)39-27/h4-5,7-8,12-13,16,18,21-22,26,36-37H,6,9-11,14-15,17H2,1-3H3/t18-,21+,22+,26+,28+,29+,30+,31+/m1/s1. The van der Waals surface area contributed by atoms with Crippen molar-refractivity contribution in [1.82, 2.24) is 4.98 Å². The van der Waals surface area contributed by atoms with Crippen LogP contribution in [0.25, 0.3) is 11.1 Å². The van der Waals surface area contributed by atoms with Crippen molar-refractivity contribution >= 4 is 22.7 Å². The lowest BCUT2D eigenvalue weighted by Gasteiger charge is -2.62. The van der Waals surface area contributed by atoms with E-state index in [0.717, 1.165) is 0 Å². The van der Waals surface area contributed by atoms with Crippen molar-refractivity contribution in [1.29, 1.82) is 0 Å². The lowest BCUT2D eigenvalue weighted by Crippen LogP contribution is -2.69. The van der Waals surface area contributed by atoms with E-state index in [1.807, 2.05) is 32.0 Å². The van der Waals surface area contributed by atoms with Gasteiger partial charge in [0.1, 0.15) is 11.1 Å². The maximum atomic E-state index is 17.3. The molecule has 3 fully saturated rings. The van der Waals surface area contributed by atoms with Gasteiger partial charge in [0.05, 0.1) is 12.7 Å². The quantitative estimate of drug-likeness (QED) is 0.504. The van der Waals surface area contributed by atoms with Crippen LogP contribution in [0.5, 0.6) is 6.08 Å². The molecule has 1 heterocycles. The first-order chi connectivity index (χ1) is 18.4. The van der Waals surface area contributed by atoms with E-state index in [1.54, 1.807) is 19.1 Å². The molecule has 0 radical (unpaired) electrons. The molecule has 208 valence electrons. The number of aliphatic hydroxyl groups excluding tert-OH is 1. The number of hydrogen-bond donors (Lipinski definition) is 2. The van der Waals surface area contributed by atoms with Crippen molar-refractivity contribution in [2.75, 3.05) is 6.61 Å². The van der Waals surface area contributed by atoms with Gasteiger partial charge in [0.25, 0.3) is 0 Å². The number of aromatic nitrogens is 1. The van der Waals surface area contributed by atoms with E-state index in [4.69, 9.17) is 9.15 Å². The number of alkyl halides is 1. The molecule has 0 saturated heterocycles. The summed E-state index contributed by atoms with van der Waals surface area (Å²) < 4.78 is 28.5. The molecule has 4 aliphatic rings. The SMILES string of the molecule is C[C@@H]1C[C@H]2[C@@H]3CCC4=CC(=O)C=C[C@]4(C)[C@@]3(F)[C@@H](O)C[C@]2(C)[C@@]1(O)C(=O)CCCOc1nc2ccccc2o1. The van der Waals surface area contributed by atoms with E-state index < -0.39 is 34.1 Å². The van der Waals surface area contributed by atoms with Crippen LogP contribution >= 0.6 is 0 Å². The Morgan fingerprint density at radius 2 is 2.03 bits per heavy atom. The lowest BCUT2D eigenvalue weighted by molar-refractivity contribution is -0.219. The van der Waals surface area contributed by atoms with Crippen LogP contribution in [0.2, 0.25) is 0 Å². The fourth-order valence-corrected chi connectivity index (χ4v) is 8.64. The highest BCUT2D eigenvalue weighted by Crippen LogP contribution is 2.70. The molecule has 6 rings (SSSR count). The predicted octanol–water partition coefficient (Wildman–Crippen LogP) is 4.90. The number of ketones is 2. The van der Waals surface area contributed by atoms with Gasteiger partial charge in [-0.2, -0.15) is 4.98 Å². The smallest absolute Gasteiger partial charge is 0.394 e. The highest BCUT2D eigenvalue weighted by atomic mass is 19.1. The van der Waals surface area contributed by atoms with Crippen LogP contribution in [0.4, 0.5) is 4.39 Å². The number of benzene rings is 1. The number of ether oxygens (including phenoxy) is 1. The third-order valence-corrected chi connectivity index (χ3v) is 10.7. The van der Waals surface area contributed by atoms with Crippen LogP contribution in [0, 0.1) is 28.6 Å². The first-order valence-electron chi connectivity index (χ1n) is 14.0. The zero-order valence-corrected chi connectivity index (χ0v) is 22.7. The molecule has 0 amide bonds. The molecule has 2 N–H and O–H groups in total. The van der Waals surface area contributed by atoms with Crippen molar-refractivity contribution in [3.63, 3.8) is 0 Å². The monoisotopic (exact) mass is 537 g/mol. The van der Waals surface area contributed by atoms with Gasteiger partial charge in [-0.05, 0) is 75.1 Å². The average Bonchev–Trinajstić information content (AvgIpc) is 3.40. The molecule has 8 atom stereocenters. The largest absolute Gasteiger partial charge is 0.450 e. The first-order valence-corrected chi connectivity index (χ1v) is 14.0. The van der Waals surface area contributed by atoms with Gasteiger partial charge >= 0.3 is 6.08 Å². The zero-order valence-electron chi connectivity index (χ0n) is 22.7. The van der Waals surface area contributed by atoms with Gasteiger partial charge in [-0.25, -0.2) is 4.39 Å². The Balaban J connectivity index is 1.20. The van der Waals surface area contributed by atoms with E-state index in [2.05, 4.69) is 4.98 Å². The van der Waals surface area contributed by atoms with Crippen molar-refractivity contribution < 1.29 is 33.3 Å². The second-order valence-corrected chi connectivity index (χ2v) is 12.5. The summed E-state index contributed by atoms with van der Waals surface area (Å²) in [6.07, 6.45) is 5.21. The Hall–Kier alpha value is -2.84. The molecule has 0 bridgehead atoms. The molecule has 0 aliphatic heterocycles. The number of allylic oxidation sites excluding steroid dienone is 4. The number of nitrogens with zero attached hydrogens (tertiary/aromatic N) is 1. The molecule has 4 aliphatic carbocycles. The Labute approximate surface area is 227 Å². The molecule has 2 aromatic rings. The summed E-state index contributed by atoms with van der Waals surface area (Å²) in [5.74, 6) is -1.67. The van der Waals surface area contributed by atoms with E-state index in [0.29, 0.717) is 42.4 Å². The topological polar surface area (TPSA) is 110 Å². The Kier molecular flexibility index (Phi) is 5.97. The van der Waals surface area contributed by atoms with Gasteiger partial charge in [-0.1, -0.05) is 37.6 Å². The number of fused-ring (bicyclic) bond motifs is 6.